The average Bonchev–Trinajstić information content (AvgIpc) is 2.89. The molecule has 0 spiro atoms. The molecule has 1 unspecified atom stereocenters. The van der Waals surface area contributed by atoms with E-state index in [4.69, 9.17) is 0 Å². The van der Waals surface area contributed by atoms with E-state index in [1.165, 1.54) is 10.6 Å². The van der Waals surface area contributed by atoms with E-state index < -0.39 is 0 Å². The zero-order chi connectivity index (χ0) is 10.5. The van der Waals surface area contributed by atoms with Crippen LogP contribution in [0.2, 0.25) is 0 Å². The Hall–Kier alpha value is -0.710. The van der Waals surface area contributed by atoms with Gasteiger partial charge in [-0.2, -0.15) is 11.3 Å². The number of hydrogen-bond acceptors (Lipinski definition) is 4. The second-order valence-corrected chi connectivity index (χ2v) is 5.21. The molecule has 2 aromatic heterocycles. The van der Waals surface area contributed by atoms with Crippen LogP contribution in [0.4, 0.5) is 0 Å². The van der Waals surface area contributed by atoms with E-state index in [1.807, 2.05) is 18.6 Å². The molecule has 1 atom stereocenters. The summed E-state index contributed by atoms with van der Waals surface area (Å²) < 4.78 is 0. The van der Waals surface area contributed by atoms with Crippen molar-refractivity contribution in [2.24, 2.45) is 0 Å². The van der Waals surface area contributed by atoms with Gasteiger partial charge in [0.2, 0.25) is 0 Å². The molecule has 2 rings (SSSR count). The van der Waals surface area contributed by atoms with Gasteiger partial charge in [0.05, 0.1) is 5.01 Å². The van der Waals surface area contributed by atoms with Gasteiger partial charge in [0, 0.05) is 24.0 Å². The number of likely N-dealkylation sites (N-methyl/N-ethyl adjacent to an activating group) is 1. The van der Waals surface area contributed by atoms with Crippen molar-refractivity contribution in [1.29, 1.82) is 0 Å². The molecule has 0 radical (unpaired) electrons. The Balaban J connectivity index is 1.93. The highest BCUT2D eigenvalue weighted by Crippen LogP contribution is 2.13. The van der Waals surface area contributed by atoms with Crippen molar-refractivity contribution in [3.63, 3.8) is 0 Å². The van der Waals surface area contributed by atoms with Crippen molar-refractivity contribution in [3.05, 3.63) is 39.0 Å². The summed E-state index contributed by atoms with van der Waals surface area (Å²) in [6.45, 7) is 0. The van der Waals surface area contributed by atoms with Crippen molar-refractivity contribution >= 4 is 22.7 Å². The molecule has 2 nitrogen and oxygen atoms in total. The molecule has 0 aliphatic carbocycles. The van der Waals surface area contributed by atoms with Gasteiger partial charge in [-0.05, 0) is 35.9 Å². The quantitative estimate of drug-likeness (QED) is 0.866. The lowest BCUT2D eigenvalue weighted by Gasteiger charge is -2.13. The van der Waals surface area contributed by atoms with E-state index in [0.29, 0.717) is 6.04 Å². The van der Waals surface area contributed by atoms with Gasteiger partial charge in [0.1, 0.15) is 0 Å². The standard InChI is InChI=1S/C11H14N2S2/c1-12-10(6-9-2-4-14-8-9)7-11-13-3-5-15-11/h2-5,8,10,12H,6-7H2,1H3. The van der Waals surface area contributed by atoms with E-state index in [2.05, 4.69) is 27.1 Å². The van der Waals surface area contributed by atoms with Gasteiger partial charge >= 0.3 is 0 Å². The highest BCUT2D eigenvalue weighted by Gasteiger charge is 2.09. The number of thiophene rings is 1. The maximum absolute atomic E-state index is 4.31. The SMILES string of the molecule is CNC(Cc1ccsc1)Cc1nccs1. The maximum atomic E-state index is 4.31. The summed E-state index contributed by atoms with van der Waals surface area (Å²) in [6, 6.07) is 2.68. The fourth-order valence-electron chi connectivity index (χ4n) is 1.53. The molecule has 0 aliphatic heterocycles. The van der Waals surface area contributed by atoms with Crippen molar-refractivity contribution in [2.45, 2.75) is 18.9 Å². The predicted molar refractivity (Wildman–Crippen MR) is 66.7 cm³/mol. The second kappa shape index (κ2) is 5.39. The Morgan fingerprint density at radius 3 is 2.93 bits per heavy atom. The van der Waals surface area contributed by atoms with Crippen LogP contribution < -0.4 is 5.32 Å². The van der Waals surface area contributed by atoms with Gasteiger partial charge in [0.25, 0.3) is 0 Å². The first-order valence-corrected chi connectivity index (χ1v) is 6.77. The third-order valence-corrected chi connectivity index (χ3v) is 3.91. The van der Waals surface area contributed by atoms with E-state index >= 15 is 0 Å². The number of hydrogen-bond donors (Lipinski definition) is 1. The summed E-state index contributed by atoms with van der Waals surface area (Å²) in [5.41, 5.74) is 1.41. The molecule has 2 heterocycles. The van der Waals surface area contributed by atoms with E-state index in [-0.39, 0.29) is 0 Å². The van der Waals surface area contributed by atoms with Crippen LogP contribution in [0.25, 0.3) is 0 Å². The van der Waals surface area contributed by atoms with Gasteiger partial charge in [0.15, 0.2) is 0 Å². The summed E-state index contributed by atoms with van der Waals surface area (Å²) in [4.78, 5) is 4.31. The minimum atomic E-state index is 0.491. The summed E-state index contributed by atoms with van der Waals surface area (Å²) in [7, 11) is 2.02. The summed E-state index contributed by atoms with van der Waals surface area (Å²) >= 11 is 3.49. The number of rotatable bonds is 5. The zero-order valence-electron chi connectivity index (χ0n) is 8.64. The number of nitrogens with one attached hydrogen (secondary N) is 1. The lowest BCUT2D eigenvalue weighted by atomic mass is 10.1. The monoisotopic (exact) mass is 238 g/mol. The molecule has 0 aliphatic rings. The lowest BCUT2D eigenvalue weighted by molar-refractivity contribution is 0.556. The first-order valence-electron chi connectivity index (χ1n) is 4.95. The molecule has 2 aromatic rings. The minimum Gasteiger partial charge on any atom is -0.316 e. The third-order valence-electron chi connectivity index (χ3n) is 2.37. The minimum absolute atomic E-state index is 0.491. The summed E-state index contributed by atoms with van der Waals surface area (Å²) in [5.74, 6) is 0. The molecular formula is C11H14N2S2. The zero-order valence-corrected chi connectivity index (χ0v) is 10.3. The average molecular weight is 238 g/mol. The Kier molecular flexibility index (Phi) is 3.88. The van der Waals surface area contributed by atoms with E-state index in [1.54, 1.807) is 22.7 Å². The second-order valence-electron chi connectivity index (χ2n) is 3.45. The van der Waals surface area contributed by atoms with Crippen molar-refractivity contribution in [2.75, 3.05) is 7.05 Å². The number of nitrogens with zero attached hydrogens (tertiary/aromatic N) is 1. The van der Waals surface area contributed by atoms with Gasteiger partial charge in [-0.1, -0.05) is 0 Å². The van der Waals surface area contributed by atoms with Crippen LogP contribution in [-0.2, 0) is 12.8 Å². The van der Waals surface area contributed by atoms with Gasteiger partial charge in [-0.15, -0.1) is 11.3 Å². The Labute approximate surface area is 98.0 Å². The van der Waals surface area contributed by atoms with E-state index in [9.17, 15) is 0 Å². The Morgan fingerprint density at radius 1 is 1.40 bits per heavy atom. The van der Waals surface area contributed by atoms with E-state index in [0.717, 1.165) is 12.8 Å². The molecule has 0 aromatic carbocycles. The predicted octanol–water partition coefficient (Wildman–Crippen LogP) is 2.58. The molecule has 1 N–H and O–H groups in total. The fourth-order valence-corrected chi connectivity index (χ4v) is 2.91. The summed E-state index contributed by atoms with van der Waals surface area (Å²) in [6.07, 6.45) is 3.97. The molecule has 15 heavy (non-hydrogen) atoms. The molecule has 0 saturated carbocycles. The van der Waals surface area contributed by atoms with Crippen molar-refractivity contribution in [1.82, 2.24) is 10.3 Å². The molecule has 0 amide bonds. The van der Waals surface area contributed by atoms with Crippen LogP contribution in [0, 0.1) is 0 Å². The Morgan fingerprint density at radius 2 is 2.33 bits per heavy atom. The van der Waals surface area contributed by atoms with Gasteiger partial charge in [-0.3, -0.25) is 0 Å². The molecule has 0 saturated heterocycles. The van der Waals surface area contributed by atoms with Gasteiger partial charge < -0.3 is 5.32 Å². The maximum Gasteiger partial charge on any atom is 0.0940 e. The largest absolute Gasteiger partial charge is 0.316 e. The van der Waals surface area contributed by atoms with Crippen LogP contribution >= 0.6 is 22.7 Å². The van der Waals surface area contributed by atoms with Crippen molar-refractivity contribution in [3.8, 4) is 0 Å². The van der Waals surface area contributed by atoms with Crippen LogP contribution in [0.3, 0.4) is 0 Å². The molecule has 4 heteroatoms. The third kappa shape index (κ3) is 3.12. The first kappa shape index (κ1) is 10.8. The molecule has 0 fully saturated rings. The van der Waals surface area contributed by atoms with Crippen LogP contribution in [0.1, 0.15) is 10.6 Å². The molecule has 0 bridgehead atoms. The lowest BCUT2D eigenvalue weighted by Crippen LogP contribution is -2.29. The number of thiazole rings is 1. The normalized spacial score (nSPS) is 12.9. The summed E-state index contributed by atoms with van der Waals surface area (Å²) in [5, 5.41) is 10.9. The van der Waals surface area contributed by atoms with Crippen molar-refractivity contribution < 1.29 is 0 Å². The number of aromatic nitrogens is 1. The molecular weight excluding hydrogens is 224 g/mol. The highest BCUT2D eigenvalue weighted by molar-refractivity contribution is 7.09. The molecule has 80 valence electrons. The topological polar surface area (TPSA) is 24.9 Å². The van der Waals surface area contributed by atoms with Crippen LogP contribution in [0.15, 0.2) is 28.4 Å². The Bertz CT molecular complexity index is 331. The van der Waals surface area contributed by atoms with Crippen LogP contribution in [-0.4, -0.2) is 18.1 Å². The van der Waals surface area contributed by atoms with Gasteiger partial charge in [-0.25, -0.2) is 4.98 Å². The van der Waals surface area contributed by atoms with Crippen LogP contribution in [0.5, 0.6) is 0 Å². The first-order chi connectivity index (χ1) is 7.38. The highest BCUT2D eigenvalue weighted by atomic mass is 32.1. The smallest absolute Gasteiger partial charge is 0.0940 e. The fraction of sp³-hybridized carbons (Fsp3) is 0.364.